The van der Waals surface area contributed by atoms with Crippen LogP contribution in [0, 0.1) is 0 Å². The number of aliphatic hydroxyl groups excluding tert-OH is 1. The number of aliphatic hydroxyl groups is 1. The molecule has 1 saturated heterocycles. The molecular formula is C37H38N2O8S. The zero-order valence-corrected chi connectivity index (χ0v) is 27.3. The van der Waals surface area contributed by atoms with Gasteiger partial charge >= 0.3 is 18.0 Å². The predicted molar refractivity (Wildman–Crippen MR) is 181 cm³/mol. The Hall–Kier alpha value is -4.68. The molecule has 0 saturated carbocycles. The molecule has 2 amide bonds. The number of carboxylic acid groups (broad SMARTS) is 1. The standard InChI is InChI=1S/C37H38N2O8S/c1-2-45-34(41)21-39-37(44)38-20-25-4-3-5-30(18-25)26-10-12-29(13-11-26)36-46-31(23-48-32-16-14-28(15-17-32)35(42)43)19-33(47-36)27-8-6-24(22-40)7-9-27/h3-18,31,33,36,40H,2,19-23H2,1H3,(H,42,43)(H2,38,39,44)/t31-,33+,36+/m0/s1. The highest BCUT2D eigenvalue weighted by Gasteiger charge is 2.32. The number of rotatable bonds is 13. The van der Waals surface area contributed by atoms with Crippen molar-refractivity contribution in [3.8, 4) is 11.1 Å². The average molecular weight is 671 g/mol. The Bertz CT molecular complexity index is 1680. The summed E-state index contributed by atoms with van der Waals surface area (Å²) in [4.78, 5) is 35.8. The number of amides is 2. The summed E-state index contributed by atoms with van der Waals surface area (Å²) in [6, 6.07) is 29.9. The van der Waals surface area contributed by atoms with E-state index in [1.807, 2.05) is 72.8 Å². The molecular weight excluding hydrogens is 632 g/mol. The Kier molecular flexibility index (Phi) is 12.2. The third kappa shape index (κ3) is 9.68. The summed E-state index contributed by atoms with van der Waals surface area (Å²) in [5.41, 5.74) is 5.79. The lowest BCUT2D eigenvalue weighted by atomic mass is 9.99. The van der Waals surface area contributed by atoms with Crippen LogP contribution in [0.5, 0.6) is 0 Å². The topological polar surface area (TPSA) is 143 Å². The monoisotopic (exact) mass is 670 g/mol. The number of hydrogen-bond donors (Lipinski definition) is 4. The normalized spacial score (nSPS) is 17.3. The van der Waals surface area contributed by atoms with Gasteiger partial charge in [0.25, 0.3) is 0 Å². The minimum absolute atomic E-state index is 0.0320. The van der Waals surface area contributed by atoms with Crippen LogP contribution in [-0.4, -0.2) is 53.2 Å². The van der Waals surface area contributed by atoms with E-state index >= 15 is 0 Å². The third-order valence-corrected chi connectivity index (χ3v) is 8.89. The fourth-order valence-corrected chi connectivity index (χ4v) is 6.13. The first-order chi connectivity index (χ1) is 23.3. The lowest BCUT2D eigenvalue weighted by Gasteiger charge is -2.36. The van der Waals surface area contributed by atoms with Gasteiger partial charge < -0.3 is 35.1 Å². The quantitative estimate of drug-likeness (QED) is 0.0960. The van der Waals surface area contributed by atoms with E-state index in [-0.39, 0.29) is 44.1 Å². The van der Waals surface area contributed by atoms with Gasteiger partial charge in [0.1, 0.15) is 6.54 Å². The van der Waals surface area contributed by atoms with Crippen LogP contribution in [0.25, 0.3) is 11.1 Å². The van der Waals surface area contributed by atoms with Gasteiger partial charge in [0.2, 0.25) is 0 Å². The first kappa shape index (κ1) is 34.6. The SMILES string of the molecule is CCOC(=O)CNC(=O)NCc1cccc(-c2ccc([C@@H]3O[C@H](CSc4ccc(C(=O)O)cc4)C[C@H](c4ccc(CO)cc4)O3)cc2)c1. The van der Waals surface area contributed by atoms with Crippen molar-refractivity contribution in [2.75, 3.05) is 18.9 Å². The molecule has 5 rings (SSSR count). The molecule has 48 heavy (non-hydrogen) atoms. The molecule has 1 aliphatic rings. The Morgan fingerprint density at radius 1 is 0.854 bits per heavy atom. The zero-order valence-electron chi connectivity index (χ0n) is 26.5. The fraction of sp³-hybridized carbons (Fsp3) is 0.270. The number of hydrogen-bond acceptors (Lipinski definition) is 8. The zero-order chi connectivity index (χ0) is 33.9. The van der Waals surface area contributed by atoms with Crippen molar-refractivity contribution in [2.45, 2.75) is 49.9 Å². The Labute approximate surface area is 283 Å². The molecule has 1 heterocycles. The molecule has 0 aliphatic carbocycles. The van der Waals surface area contributed by atoms with E-state index < -0.39 is 24.3 Å². The molecule has 0 aromatic heterocycles. The lowest BCUT2D eigenvalue weighted by molar-refractivity contribution is -0.245. The summed E-state index contributed by atoms with van der Waals surface area (Å²) < 4.78 is 17.8. The number of benzene rings is 4. The summed E-state index contributed by atoms with van der Waals surface area (Å²) in [7, 11) is 0. The third-order valence-electron chi connectivity index (χ3n) is 7.75. The van der Waals surface area contributed by atoms with Crippen LogP contribution in [0.15, 0.2) is 102 Å². The number of aromatic carboxylic acids is 1. The van der Waals surface area contributed by atoms with Crippen LogP contribution in [-0.2, 0) is 32.2 Å². The van der Waals surface area contributed by atoms with Gasteiger partial charge in [-0.3, -0.25) is 4.79 Å². The molecule has 11 heteroatoms. The molecule has 4 aromatic carbocycles. The highest BCUT2D eigenvalue weighted by Crippen LogP contribution is 2.40. The second kappa shape index (κ2) is 16.9. The smallest absolute Gasteiger partial charge is 0.335 e. The number of ether oxygens (including phenoxy) is 3. The van der Waals surface area contributed by atoms with Gasteiger partial charge in [-0.05, 0) is 65.1 Å². The van der Waals surface area contributed by atoms with Crippen LogP contribution < -0.4 is 10.6 Å². The molecule has 0 spiro atoms. The largest absolute Gasteiger partial charge is 0.478 e. The van der Waals surface area contributed by atoms with E-state index in [1.54, 1.807) is 43.0 Å². The van der Waals surface area contributed by atoms with E-state index in [0.717, 1.165) is 38.3 Å². The molecule has 10 nitrogen and oxygen atoms in total. The van der Waals surface area contributed by atoms with Crippen molar-refractivity contribution < 1.29 is 38.8 Å². The Morgan fingerprint density at radius 2 is 1.58 bits per heavy atom. The van der Waals surface area contributed by atoms with Crippen molar-refractivity contribution in [3.05, 3.63) is 125 Å². The van der Waals surface area contributed by atoms with Crippen LogP contribution >= 0.6 is 11.8 Å². The van der Waals surface area contributed by atoms with Crippen LogP contribution in [0.1, 0.15) is 58.4 Å². The molecule has 0 bridgehead atoms. The molecule has 1 fully saturated rings. The number of carbonyl (C=O) groups is 3. The molecule has 0 unspecified atom stereocenters. The number of carbonyl (C=O) groups excluding carboxylic acids is 2. The van der Waals surface area contributed by atoms with E-state index in [9.17, 15) is 24.6 Å². The summed E-state index contributed by atoms with van der Waals surface area (Å²) in [5.74, 6) is -0.799. The molecule has 3 atom stereocenters. The van der Waals surface area contributed by atoms with Gasteiger partial charge in [-0.25, -0.2) is 9.59 Å². The number of carboxylic acids is 1. The van der Waals surface area contributed by atoms with Gasteiger partial charge in [0, 0.05) is 29.2 Å². The maximum atomic E-state index is 12.1. The number of thioether (sulfide) groups is 1. The van der Waals surface area contributed by atoms with Gasteiger partial charge in [-0.1, -0.05) is 66.7 Å². The van der Waals surface area contributed by atoms with Gasteiger partial charge in [-0.15, -0.1) is 11.8 Å². The highest BCUT2D eigenvalue weighted by molar-refractivity contribution is 7.99. The second-order valence-electron chi connectivity index (χ2n) is 11.2. The number of nitrogens with one attached hydrogen (secondary N) is 2. The van der Waals surface area contributed by atoms with Gasteiger partial charge in [0.15, 0.2) is 6.29 Å². The second-order valence-corrected chi connectivity index (χ2v) is 12.2. The molecule has 1 aliphatic heterocycles. The van der Waals surface area contributed by atoms with Crippen molar-refractivity contribution in [3.63, 3.8) is 0 Å². The van der Waals surface area contributed by atoms with Crippen LogP contribution in [0.2, 0.25) is 0 Å². The van der Waals surface area contributed by atoms with Crippen LogP contribution in [0.3, 0.4) is 0 Å². The Morgan fingerprint density at radius 3 is 2.27 bits per heavy atom. The summed E-state index contributed by atoms with van der Waals surface area (Å²) in [6.07, 6.45) is -0.350. The van der Waals surface area contributed by atoms with Crippen molar-refractivity contribution in [1.29, 1.82) is 0 Å². The number of urea groups is 1. The van der Waals surface area contributed by atoms with Crippen molar-refractivity contribution >= 4 is 29.7 Å². The van der Waals surface area contributed by atoms with Gasteiger partial charge in [0.05, 0.1) is 31.0 Å². The first-order valence-corrected chi connectivity index (χ1v) is 16.6. The van der Waals surface area contributed by atoms with E-state index in [4.69, 9.17) is 14.2 Å². The first-order valence-electron chi connectivity index (χ1n) is 15.6. The Balaban J connectivity index is 1.25. The number of esters is 1. The fourth-order valence-electron chi connectivity index (χ4n) is 5.21. The van der Waals surface area contributed by atoms with Crippen molar-refractivity contribution in [1.82, 2.24) is 10.6 Å². The average Bonchev–Trinajstić information content (AvgIpc) is 3.12. The maximum Gasteiger partial charge on any atom is 0.335 e. The highest BCUT2D eigenvalue weighted by atomic mass is 32.2. The molecule has 250 valence electrons. The van der Waals surface area contributed by atoms with Gasteiger partial charge in [-0.2, -0.15) is 0 Å². The predicted octanol–water partition coefficient (Wildman–Crippen LogP) is 6.24. The van der Waals surface area contributed by atoms with Crippen LogP contribution in [0.4, 0.5) is 4.79 Å². The van der Waals surface area contributed by atoms with Crippen molar-refractivity contribution in [2.24, 2.45) is 0 Å². The summed E-state index contributed by atoms with van der Waals surface area (Å²) >= 11 is 1.60. The molecule has 0 radical (unpaired) electrons. The lowest BCUT2D eigenvalue weighted by Crippen LogP contribution is -2.38. The van der Waals surface area contributed by atoms with E-state index in [0.29, 0.717) is 12.2 Å². The van der Waals surface area contributed by atoms with E-state index in [2.05, 4.69) is 10.6 Å². The minimum atomic E-state index is -0.957. The maximum absolute atomic E-state index is 12.1. The summed E-state index contributed by atoms with van der Waals surface area (Å²) in [5, 5.41) is 23.9. The molecule has 4 N–H and O–H groups in total. The minimum Gasteiger partial charge on any atom is -0.478 e. The molecule has 4 aromatic rings. The van der Waals surface area contributed by atoms with E-state index in [1.165, 1.54) is 0 Å². The summed E-state index contributed by atoms with van der Waals surface area (Å²) in [6.45, 7) is 2.02.